The van der Waals surface area contributed by atoms with E-state index in [-0.39, 0.29) is 12.5 Å². The lowest BCUT2D eigenvalue weighted by Crippen LogP contribution is -2.35. The summed E-state index contributed by atoms with van der Waals surface area (Å²) < 4.78 is 10.8. The highest BCUT2D eigenvalue weighted by Gasteiger charge is 2.16. The molecule has 0 bridgehead atoms. The number of carboxylic acid groups (broad SMARTS) is 1. The van der Waals surface area contributed by atoms with Gasteiger partial charge in [-0.2, -0.15) is 0 Å². The summed E-state index contributed by atoms with van der Waals surface area (Å²) in [4.78, 5) is 13.0. The molecule has 0 spiro atoms. The third kappa shape index (κ3) is 4.69. The number of carboxylic acids is 1. The summed E-state index contributed by atoms with van der Waals surface area (Å²) in [6.07, 6.45) is 0.505. The fraction of sp³-hybridized carbons (Fsp3) is 0.562. The van der Waals surface area contributed by atoms with E-state index >= 15 is 0 Å². The van der Waals surface area contributed by atoms with E-state index < -0.39 is 5.97 Å². The van der Waals surface area contributed by atoms with Gasteiger partial charge in [-0.25, -0.2) is 0 Å². The van der Waals surface area contributed by atoms with Gasteiger partial charge in [0.25, 0.3) is 0 Å². The minimum atomic E-state index is -0.822. The Morgan fingerprint density at radius 3 is 2.82 bits per heavy atom. The Morgan fingerprint density at radius 2 is 2.18 bits per heavy atom. The van der Waals surface area contributed by atoms with Crippen molar-refractivity contribution >= 4 is 5.97 Å². The molecule has 3 N–H and O–H groups in total. The molecule has 22 heavy (non-hydrogen) atoms. The van der Waals surface area contributed by atoms with Gasteiger partial charge in [0.05, 0.1) is 20.3 Å². The van der Waals surface area contributed by atoms with Crippen LogP contribution in [0.1, 0.15) is 30.0 Å². The van der Waals surface area contributed by atoms with Gasteiger partial charge in [0.2, 0.25) is 0 Å². The Hall–Kier alpha value is -1.63. The molecule has 1 unspecified atom stereocenters. The van der Waals surface area contributed by atoms with E-state index in [1.165, 1.54) is 0 Å². The fourth-order valence-corrected chi connectivity index (χ4v) is 2.60. The molecule has 1 aromatic rings. The van der Waals surface area contributed by atoms with Gasteiger partial charge in [-0.1, -0.05) is 6.07 Å². The number of nitrogens with two attached hydrogens (primary N) is 1. The summed E-state index contributed by atoms with van der Waals surface area (Å²) >= 11 is 0. The van der Waals surface area contributed by atoms with Crippen LogP contribution in [0, 0.1) is 0 Å². The Kier molecular flexibility index (Phi) is 6.18. The van der Waals surface area contributed by atoms with Crippen LogP contribution < -0.4 is 10.5 Å². The van der Waals surface area contributed by atoms with Crippen molar-refractivity contribution in [2.45, 2.75) is 25.4 Å². The lowest BCUT2D eigenvalue weighted by Gasteiger charge is -2.27. The van der Waals surface area contributed by atoms with Crippen molar-refractivity contribution < 1.29 is 19.4 Å². The van der Waals surface area contributed by atoms with Crippen molar-refractivity contribution in [2.75, 3.05) is 33.4 Å². The number of aliphatic carboxylic acids is 1. The molecule has 1 aliphatic heterocycles. The number of nitrogens with zero attached hydrogens (tertiary/aromatic N) is 1. The Morgan fingerprint density at radius 1 is 1.45 bits per heavy atom. The maximum atomic E-state index is 10.7. The zero-order chi connectivity index (χ0) is 15.9. The molecule has 1 atom stereocenters. The van der Waals surface area contributed by atoms with Gasteiger partial charge in [-0.15, -0.1) is 0 Å². The number of rotatable bonds is 7. The van der Waals surface area contributed by atoms with Gasteiger partial charge in [-0.05, 0) is 24.1 Å². The normalized spacial score (nSPS) is 17.2. The van der Waals surface area contributed by atoms with Crippen molar-refractivity contribution in [1.82, 2.24) is 4.90 Å². The summed E-state index contributed by atoms with van der Waals surface area (Å²) in [5.41, 5.74) is 8.13. The van der Waals surface area contributed by atoms with Crippen LogP contribution in [0.25, 0.3) is 0 Å². The fourth-order valence-electron chi connectivity index (χ4n) is 2.60. The van der Waals surface area contributed by atoms with E-state index in [1.807, 2.05) is 18.2 Å². The molecular weight excluding hydrogens is 284 g/mol. The number of hydrogen-bond acceptors (Lipinski definition) is 5. The first-order valence-corrected chi connectivity index (χ1v) is 7.54. The van der Waals surface area contributed by atoms with E-state index in [0.717, 1.165) is 49.7 Å². The molecule has 1 saturated heterocycles. The van der Waals surface area contributed by atoms with E-state index in [9.17, 15) is 4.79 Å². The van der Waals surface area contributed by atoms with Gasteiger partial charge >= 0.3 is 5.97 Å². The number of hydrogen-bond donors (Lipinski definition) is 2. The first-order chi connectivity index (χ1) is 10.6. The zero-order valence-electron chi connectivity index (χ0n) is 13.0. The molecule has 0 aromatic heterocycles. The predicted octanol–water partition coefficient (Wildman–Crippen LogP) is 1.39. The van der Waals surface area contributed by atoms with Crippen LogP contribution in [-0.2, 0) is 16.1 Å². The van der Waals surface area contributed by atoms with E-state index in [2.05, 4.69) is 4.90 Å². The second-order valence-corrected chi connectivity index (χ2v) is 5.50. The van der Waals surface area contributed by atoms with Crippen LogP contribution in [0.3, 0.4) is 0 Å². The molecule has 0 radical (unpaired) electrons. The van der Waals surface area contributed by atoms with Crippen LogP contribution in [0.4, 0.5) is 0 Å². The van der Waals surface area contributed by atoms with Gasteiger partial charge in [0.15, 0.2) is 0 Å². The highest BCUT2D eigenvalue weighted by molar-refractivity contribution is 5.66. The zero-order valence-corrected chi connectivity index (χ0v) is 13.0. The molecule has 0 aliphatic carbocycles. The third-order valence-electron chi connectivity index (χ3n) is 3.90. The summed E-state index contributed by atoms with van der Waals surface area (Å²) in [7, 11) is 1.65. The highest BCUT2D eigenvalue weighted by atomic mass is 16.5. The molecule has 1 aromatic carbocycles. The highest BCUT2D eigenvalue weighted by Crippen LogP contribution is 2.26. The largest absolute Gasteiger partial charge is 0.496 e. The maximum Gasteiger partial charge on any atom is 0.303 e. The number of ether oxygens (including phenoxy) is 2. The van der Waals surface area contributed by atoms with Crippen LogP contribution in [0.15, 0.2) is 18.2 Å². The quantitative estimate of drug-likeness (QED) is 0.792. The minimum absolute atomic E-state index is 0.0754. The maximum absolute atomic E-state index is 10.7. The Labute approximate surface area is 130 Å². The van der Waals surface area contributed by atoms with Crippen molar-refractivity contribution in [3.8, 4) is 5.75 Å². The molecule has 1 fully saturated rings. The van der Waals surface area contributed by atoms with Gasteiger partial charge in [-0.3, -0.25) is 9.69 Å². The monoisotopic (exact) mass is 308 g/mol. The lowest BCUT2D eigenvalue weighted by atomic mass is 9.99. The summed E-state index contributed by atoms with van der Waals surface area (Å²) in [6.45, 7) is 4.09. The van der Waals surface area contributed by atoms with Crippen LogP contribution in [-0.4, -0.2) is 49.4 Å². The van der Waals surface area contributed by atoms with Crippen molar-refractivity contribution in [1.29, 1.82) is 0 Å². The summed E-state index contributed by atoms with van der Waals surface area (Å²) in [6, 6.07) is 5.58. The van der Waals surface area contributed by atoms with Crippen LogP contribution in [0.5, 0.6) is 5.75 Å². The standard InChI is InChI=1S/C16H24N2O4/c1-21-15-4-2-12(14(17)3-5-16(19)20)10-13(15)11-18-6-8-22-9-7-18/h2,4,10,14H,3,5-9,11,17H2,1H3,(H,19,20). The smallest absolute Gasteiger partial charge is 0.303 e. The SMILES string of the molecule is COc1ccc(C(N)CCC(=O)O)cc1CN1CCOCC1. The molecule has 0 saturated carbocycles. The third-order valence-corrected chi connectivity index (χ3v) is 3.90. The van der Waals surface area contributed by atoms with Crippen molar-refractivity contribution in [3.05, 3.63) is 29.3 Å². The molecule has 6 heteroatoms. The number of benzene rings is 1. The first-order valence-electron chi connectivity index (χ1n) is 7.54. The van der Waals surface area contributed by atoms with Gasteiger partial charge < -0.3 is 20.3 Å². The van der Waals surface area contributed by atoms with E-state index in [0.29, 0.717) is 6.42 Å². The average molecular weight is 308 g/mol. The average Bonchev–Trinajstić information content (AvgIpc) is 2.53. The van der Waals surface area contributed by atoms with Gasteiger partial charge in [0.1, 0.15) is 5.75 Å². The summed E-state index contributed by atoms with van der Waals surface area (Å²) in [5, 5.41) is 8.77. The first kappa shape index (κ1) is 16.7. The molecule has 1 aliphatic rings. The molecule has 122 valence electrons. The minimum Gasteiger partial charge on any atom is -0.496 e. The molecule has 2 rings (SSSR count). The lowest BCUT2D eigenvalue weighted by molar-refractivity contribution is -0.137. The van der Waals surface area contributed by atoms with E-state index in [1.54, 1.807) is 7.11 Å². The second kappa shape index (κ2) is 8.12. The Balaban J connectivity index is 2.09. The second-order valence-electron chi connectivity index (χ2n) is 5.50. The molecule has 1 heterocycles. The Bertz CT molecular complexity index is 501. The molecular formula is C16H24N2O4. The number of methoxy groups -OCH3 is 1. The van der Waals surface area contributed by atoms with Gasteiger partial charge in [0, 0.05) is 37.7 Å². The van der Waals surface area contributed by atoms with E-state index in [4.69, 9.17) is 20.3 Å². The van der Waals surface area contributed by atoms with Crippen LogP contribution in [0.2, 0.25) is 0 Å². The number of carbonyl (C=O) groups is 1. The van der Waals surface area contributed by atoms with Crippen molar-refractivity contribution in [3.63, 3.8) is 0 Å². The van der Waals surface area contributed by atoms with Crippen molar-refractivity contribution in [2.24, 2.45) is 5.73 Å². The molecule has 0 amide bonds. The molecule has 6 nitrogen and oxygen atoms in total. The van der Waals surface area contributed by atoms with Crippen LogP contribution >= 0.6 is 0 Å². The summed E-state index contributed by atoms with van der Waals surface area (Å²) in [5.74, 6) is 0.0122. The predicted molar refractivity (Wildman–Crippen MR) is 82.9 cm³/mol. The number of morpholine rings is 1. The topological polar surface area (TPSA) is 85.0 Å².